The van der Waals surface area contributed by atoms with Crippen LogP contribution in [0, 0.1) is 23.0 Å². The molecule has 2 aromatic carbocycles. The minimum atomic E-state index is -1.14. The van der Waals surface area contributed by atoms with Crippen molar-refractivity contribution in [1.29, 1.82) is 0 Å². The van der Waals surface area contributed by atoms with E-state index in [-0.39, 0.29) is 22.6 Å². The number of oxime groups is 1. The maximum Gasteiger partial charge on any atom is 0.278 e. The molecule has 0 N–H and O–H groups in total. The Morgan fingerprint density at radius 2 is 1.90 bits per heavy atom. The predicted molar refractivity (Wildman–Crippen MR) is 105 cm³/mol. The molecule has 0 bridgehead atoms. The Morgan fingerprint density at radius 1 is 1.13 bits per heavy atom. The van der Waals surface area contributed by atoms with Gasteiger partial charge in [0.25, 0.3) is 11.6 Å². The lowest BCUT2D eigenvalue weighted by molar-refractivity contribution is -0.385. The summed E-state index contributed by atoms with van der Waals surface area (Å²) < 4.78 is 10.6. The summed E-state index contributed by atoms with van der Waals surface area (Å²) in [5.41, 5.74) is 0.924. The van der Waals surface area contributed by atoms with Crippen LogP contribution in [0.4, 0.5) is 11.4 Å². The molecule has 2 aliphatic heterocycles. The van der Waals surface area contributed by atoms with Crippen LogP contribution in [-0.2, 0) is 14.4 Å². The van der Waals surface area contributed by atoms with E-state index < -0.39 is 28.8 Å². The molecule has 0 aromatic heterocycles. The molecule has 154 valence electrons. The average molecular weight is 411 g/mol. The number of carbonyl (C=O) groups excluding carboxylic acids is 2. The molecule has 10 nitrogen and oxygen atoms in total. The summed E-state index contributed by atoms with van der Waals surface area (Å²) in [6.07, 6.45) is -1.14. The van der Waals surface area contributed by atoms with Crippen molar-refractivity contribution in [3.8, 4) is 11.5 Å². The molecule has 2 amide bonds. The highest BCUT2D eigenvalue weighted by molar-refractivity contribution is 6.33. The number of methoxy groups -OCH3 is 2. The van der Waals surface area contributed by atoms with Gasteiger partial charge in [-0.3, -0.25) is 19.7 Å². The Kier molecular flexibility index (Phi) is 4.61. The van der Waals surface area contributed by atoms with Crippen LogP contribution in [0.5, 0.6) is 11.5 Å². The van der Waals surface area contributed by atoms with E-state index in [2.05, 4.69) is 5.16 Å². The third kappa shape index (κ3) is 2.76. The molecule has 1 fully saturated rings. The molecule has 0 radical (unpaired) electrons. The van der Waals surface area contributed by atoms with Gasteiger partial charge in [-0.2, -0.15) is 0 Å². The third-order valence-corrected chi connectivity index (χ3v) is 5.21. The third-order valence-electron chi connectivity index (χ3n) is 5.21. The molecule has 0 spiro atoms. The molecule has 1 saturated heterocycles. The number of fused-ring (bicyclic) bond motifs is 1. The van der Waals surface area contributed by atoms with E-state index in [4.69, 9.17) is 14.3 Å². The van der Waals surface area contributed by atoms with E-state index >= 15 is 0 Å². The fraction of sp³-hybridized carbons (Fsp3) is 0.250. The number of ether oxygens (including phenoxy) is 2. The van der Waals surface area contributed by atoms with Gasteiger partial charge < -0.3 is 14.3 Å². The van der Waals surface area contributed by atoms with Crippen molar-refractivity contribution >= 4 is 28.9 Å². The average Bonchev–Trinajstić information content (AvgIpc) is 3.28. The van der Waals surface area contributed by atoms with Crippen LogP contribution in [0.3, 0.4) is 0 Å². The first-order valence-electron chi connectivity index (χ1n) is 8.97. The number of hydrogen-bond donors (Lipinski definition) is 0. The summed E-state index contributed by atoms with van der Waals surface area (Å²) in [4.78, 5) is 43.1. The fourth-order valence-corrected chi connectivity index (χ4v) is 3.70. The SMILES string of the molecule is COc1ccc(C2=NOC3C(=O)N(c4cccc([N+](=O)[O-])c4C)C(=O)C23)c(OC)c1. The molecule has 30 heavy (non-hydrogen) atoms. The van der Waals surface area contributed by atoms with E-state index in [1.165, 1.54) is 39.3 Å². The van der Waals surface area contributed by atoms with Crippen LogP contribution in [0.2, 0.25) is 0 Å². The second-order valence-corrected chi connectivity index (χ2v) is 6.74. The lowest BCUT2D eigenvalue weighted by Gasteiger charge is -2.18. The monoisotopic (exact) mass is 411 g/mol. The van der Waals surface area contributed by atoms with Crippen molar-refractivity contribution in [2.24, 2.45) is 11.1 Å². The highest BCUT2D eigenvalue weighted by Crippen LogP contribution is 2.40. The van der Waals surface area contributed by atoms with Gasteiger partial charge >= 0.3 is 0 Å². The normalized spacial score (nSPS) is 20.0. The van der Waals surface area contributed by atoms with Gasteiger partial charge in [0.05, 0.1) is 30.4 Å². The van der Waals surface area contributed by atoms with Crippen LogP contribution >= 0.6 is 0 Å². The molecule has 2 aromatic rings. The number of nitro groups is 1. The standard InChI is InChI=1S/C20H17N3O7/c1-10-13(5-4-6-14(10)23(26)27)22-19(24)16-17(21-30-18(16)20(22)25)12-8-7-11(28-2)9-15(12)29-3/h4-9,16,18H,1-3H3. The topological polar surface area (TPSA) is 121 Å². The van der Waals surface area contributed by atoms with Crippen molar-refractivity contribution in [2.75, 3.05) is 19.1 Å². The quantitative estimate of drug-likeness (QED) is 0.420. The molecule has 2 aliphatic rings. The zero-order valence-corrected chi connectivity index (χ0v) is 16.3. The summed E-state index contributed by atoms with van der Waals surface area (Å²) in [7, 11) is 2.98. The van der Waals surface area contributed by atoms with Crippen molar-refractivity contribution < 1.29 is 28.8 Å². The summed E-state index contributed by atoms with van der Waals surface area (Å²) in [5, 5.41) is 15.2. The number of benzene rings is 2. The Balaban J connectivity index is 1.75. The summed E-state index contributed by atoms with van der Waals surface area (Å²) in [6.45, 7) is 1.49. The molecule has 2 unspecified atom stereocenters. The number of amides is 2. The van der Waals surface area contributed by atoms with Gasteiger partial charge in [0.1, 0.15) is 23.1 Å². The first kappa shape index (κ1) is 19.4. The number of imide groups is 1. The predicted octanol–water partition coefficient (Wildman–Crippen LogP) is 2.21. The number of carbonyl (C=O) groups is 2. The van der Waals surface area contributed by atoms with E-state index in [1.807, 2.05) is 0 Å². The maximum atomic E-state index is 13.2. The van der Waals surface area contributed by atoms with Crippen LogP contribution in [0.1, 0.15) is 11.1 Å². The molecule has 4 rings (SSSR count). The van der Waals surface area contributed by atoms with E-state index in [9.17, 15) is 19.7 Å². The molecular weight excluding hydrogens is 394 g/mol. The highest BCUT2D eigenvalue weighted by Gasteiger charge is 2.57. The molecule has 2 heterocycles. The Bertz CT molecular complexity index is 1110. The van der Waals surface area contributed by atoms with Crippen molar-refractivity contribution in [3.05, 3.63) is 57.6 Å². The molecule has 0 aliphatic carbocycles. The van der Waals surface area contributed by atoms with Crippen molar-refractivity contribution in [3.63, 3.8) is 0 Å². The Morgan fingerprint density at radius 3 is 2.57 bits per heavy atom. The van der Waals surface area contributed by atoms with Gasteiger partial charge in [-0.15, -0.1) is 0 Å². The Hall–Kier alpha value is -3.95. The lowest BCUT2D eigenvalue weighted by atomic mass is 9.93. The molecule has 0 saturated carbocycles. The molecule has 10 heteroatoms. The molecular formula is C20H17N3O7. The Labute approximate surface area is 170 Å². The number of anilines is 1. The second kappa shape index (κ2) is 7.14. The highest BCUT2D eigenvalue weighted by atomic mass is 16.7. The minimum Gasteiger partial charge on any atom is -0.497 e. The van der Waals surface area contributed by atoms with Crippen LogP contribution in [-0.4, -0.2) is 42.8 Å². The summed E-state index contributed by atoms with van der Waals surface area (Å²) in [6, 6.07) is 9.21. The lowest BCUT2D eigenvalue weighted by Crippen LogP contribution is -2.33. The van der Waals surface area contributed by atoms with Gasteiger partial charge in [-0.25, -0.2) is 4.90 Å². The van der Waals surface area contributed by atoms with Crippen molar-refractivity contribution in [2.45, 2.75) is 13.0 Å². The van der Waals surface area contributed by atoms with Gasteiger partial charge in [-0.05, 0) is 25.1 Å². The van der Waals surface area contributed by atoms with Gasteiger partial charge in [0.2, 0.25) is 12.0 Å². The van der Waals surface area contributed by atoms with E-state index in [0.29, 0.717) is 17.1 Å². The number of nitrogens with zero attached hydrogens (tertiary/aromatic N) is 3. The maximum absolute atomic E-state index is 13.2. The van der Waals surface area contributed by atoms with Gasteiger partial charge in [0, 0.05) is 17.7 Å². The zero-order valence-electron chi connectivity index (χ0n) is 16.3. The van der Waals surface area contributed by atoms with E-state index in [1.54, 1.807) is 18.2 Å². The number of rotatable bonds is 5. The van der Waals surface area contributed by atoms with Gasteiger partial charge in [0.15, 0.2) is 0 Å². The van der Waals surface area contributed by atoms with Crippen LogP contribution < -0.4 is 14.4 Å². The summed E-state index contributed by atoms with van der Waals surface area (Å²) in [5.74, 6) is -1.22. The number of hydrogen-bond acceptors (Lipinski definition) is 8. The second-order valence-electron chi connectivity index (χ2n) is 6.74. The summed E-state index contributed by atoms with van der Waals surface area (Å²) >= 11 is 0. The smallest absolute Gasteiger partial charge is 0.278 e. The zero-order chi connectivity index (χ0) is 21.6. The largest absolute Gasteiger partial charge is 0.497 e. The number of nitro benzene ring substituents is 1. The van der Waals surface area contributed by atoms with Crippen LogP contribution in [0.25, 0.3) is 0 Å². The first-order chi connectivity index (χ1) is 14.4. The van der Waals surface area contributed by atoms with Crippen molar-refractivity contribution in [1.82, 2.24) is 0 Å². The van der Waals surface area contributed by atoms with Crippen LogP contribution in [0.15, 0.2) is 41.6 Å². The molecule has 2 atom stereocenters. The van der Waals surface area contributed by atoms with E-state index in [0.717, 1.165) is 4.90 Å². The minimum absolute atomic E-state index is 0.151. The fourth-order valence-electron chi connectivity index (χ4n) is 3.70. The van der Waals surface area contributed by atoms with Gasteiger partial charge in [-0.1, -0.05) is 11.2 Å². The first-order valence-corrected chi connectivity index (χ1v) is 8.97.